The van der Waals surface area contributed by atoms with E-state index in [1.807, 2.05) is 60.7 Å². The van der Waals surface area contributed by atoms with Crippen molar-refractivity contribution in [3.63, 3.8) is 0 Å². The summed E-state index contributed by atoms with van der Waals surface area (Å²) in [5.41, 5.74) is 3.62. The fraction of sp³-hybridized carbons (Fsp3) is 0.0370. The van der Waals surface area contributed by atoms with Gasteiger partial charge < -0.3 is 10.6 Å². The fourth-order valence-electron chi connectivity index (χ4n) is 3.90. The number of anilines is 1. The topological polar surface area (TPSA) is 87.6 Å². The van der Waals surface area contributed by atoms with Crippen LogP contribution in [0, 0.1) is 0 Å². The van der Waals surface area contributed by atoms with Crippen LogP contribution in [-0.4, -0.2) is 20.2 Å². The van der Waals surface area contributed by atoms with Crippen LogP contribution in [0.25, 0.3) is 0 Å². The highest BCUT2D eigenvalue weighted by Crippen LogP contribution is 2.27. The number of carbonyl (C=O) groups excluding carboxylic acids is 1. The van der Waals surface area contributed by atoms with Gasteiger partial charge in [0.2, 0.25) is 0 Å². The number of nitrogens with one attached hydrogen (secondary N) is 2. The summed E-state index contributed by atoms with van der Waals surface area (Å²) in [5.74, 6) is 0.0522. The maximum atomic E-state index is 13.1. The lowest BCUT2D eigenvalue weighted by Gasteiger charge is -2.20. The second-order valence-electron chi connectivity index (χ2n) is 7.84. The van der Waals surface area contributed by atoms with E-state index >= 15 is 0 Å². The van der Waals surface area contributed by atoms with Crippen molar-refractivity contribution in [2.24, 2.45) is 4.40 Å². The lowest BCUT2D eigenvalue weighted by atomic mass is 9.98. The highest BCUT2D eigenvalue weighted by Gasteiger charge is 2.28. The zero-order valence-electron chi connectivity index (χ0n) is 18.0. The molecule has 168 valence electrons. The average Bonchev–Trinajstić information content (AvgIpc) is 3.13. The lowest BCUT2D eigenvalue weighted by molar-refractivity contribution is 0.0943. The maximum Gasteiger partial charge on any atom is 0.285 e. The molecule has 1 aliphatic heterocycles. The third-order valence-electron chi connectivity index (χ3n) is 5.58. The highest BCUT2D eigenvalue weighted by atomic mass is 32.2. The molecule has 34 heavy (non-hydrogen) atoms. The standard InChI is InChI=1S/C27H21N3O3S/c31-27(29-25(19-9-3-1-4-10-19)20-11-5-2-6-12-20)21-15-17-22(18-16-21)28-26-23-13-7-8-14-24(23)34(32,33)30-26/h1-18,25H,(H,28,30)(H,29,31). The van der Waals surface area contributed by atoms with Crippen LogP contribution in [-0.2, 0) is 10.0 Å². The zero-order valence-corrected chi connectivity index (χ0v) is 18.9. The molecule has 0 spiro atoms. The van der Waals surface area contributed by atoms with Crippen LogP contribution in [0.5, 0.6) is 0 Å². The summed E-state index contributed by atoms with van der Waals surface area (Å²) in [6.45, 7) is 0. The van der Waals surface area contributed by atoms with Gasteiger partial charge in [0.25, 0.3) is 15.9 Å². The third-order valence-corrected chi connectivity index (χ3v) is 6.92. The smallest absolute Gasteiger partial charge is 0.285 e. The van der Waals surface area contributed by atoms with Gasteiger partial charge in [-0.25, -0.2) is 0 Å². The Labute approximate surface area is 198 Å². The highest BCUT2D eigenvalue weighted by molar-refractivity contribution is 7.90. The Morgan fingerprint density at radius 3 is 1.88 bits per heavy atom. The van der Waals surface area contributed by atoms with E-state index in [-0.39, 0.29) is 22.7 Å². The Morgan fingerprint density at radius 2 is 1.26 bits per heavy atom. The summed E-state index contributed by atoms with van der Waals surface area (Å²) in [4.78, 5) is 13.3. The summed E-state index contributed by atoms with van der Waals surface area (Å²) < 4.78 is 28.4. The molecule has 1 aliphatic rings. The van der Waals surface area contributed by atoms with E-state index in [2.05, 4.69) is 15.0 Å². The molecule has 1 amide bonds. The molecule has 0 aromatic heterocycles. The van der Waals surface area contributed by atoms with Crippen LogP contribution in [0.4, 0.5) is 5.69 Å². The molecule has 0 unspecified atom stereocenters. The Morgan fingerprint density at radius 1 is 0.706 bits per heavy atom. The van der Waals surface area contributed by atoms with Gasteiger partial charge >= 0.3 is 0 Å². The Hall–Kier alpha value is -4.23. The predicted octanol–water partition coefficient (Wildman–Crippen LogP) is 4.77. The van der Waals surface area contributed by atoms with E-state index in [1.165, 1.54) is 6.07 Å². The molecular formula is C27H21N3O3S. The Kier molecular flexibility index (Phi) is 5.69. The van der Waals surface area contributed by atoms with Gasteiger partial charge in [-0.3, -0.25) is 4.79 Å². The quantitative estimate of drug-likeness (QED) is 0.443. The van der Waals surface area contributed by atoms with Crippen molar-refractivity contribution in [1.82, 2.24) is 5.32 Å². The van der Waals surface area contributed by atoms with E-state index in [4.69, 9.17) is 0 Å². The Balaban J connectivity index is 1.35. The molecule has 0 saturated heterocycles. The first kappa shape index (κ1) is 21.6. The molecule has 0 saturated carbocycles. The van der Waals surface area contributed by atoms with Gasteiger partial charge in [-0.1, -0.05) is 72.8 Å². The number of nitrogens with zero attached hydrogens (tertiary/aromatic N) is 1. The minimum Gasteiger partial charge on any atom is -0.341 e. The molecule has 0 aliphatic carbocycles. The molecule has 4 aromatic rings. The van der Waals surface area contributed by atoms with Crippen molar-refractivity contribution in [3.05, 3.63) is 131 Å². The van der Waals surface area contributed by atoms with Crippen molar-refractivity contribution < 1.29 is 13.2 Å². The van der Waals surface area contributed by atoms with E-state index in [1.54, 1.807) is 42.5 Å². The largest absolute Gasteiger partial charge is 0.341 e. The van der Waals surface area contributed by atoms with E-state index in [9.17, 15) is 13.2 Å². The monoisotopic (exact) mass is 467 g/mol. The van der Waals surface area contributed by atoms with Crippen molar-refractivity contribution in [3.8, 4) is 0 Å². The summed E-state index contributed by atoms with van der Waals surface area (Å²) in [5, 5.41) is 6.17. The first-order valence-electron chi connectivity index (χ1n) is 10.7. The molecule has 2 N–H and O–H groups in total. The summed E-state index contributed by atoms with van der Waals surface area (Å²) >= 11 is 0. The van der Waals surface area contributed by atoms with Crippen LogP contribution < -0.4 is 10.6 Å². The van der Waals surface area contributed by atoms with Crippen molar-refractivity contribution in [1.29, 1.82) is 0 Å². The van der Waals surface area contributed by atoms with Gasteiger partial charge in [0.1, 0.15) is 4.90 Å². The van der Waals surface area contributed by atoms with Crippen LogP contribution >= 0.6 is 0 Å². The van der Waals surface area contributed by atoms with Crippen LogP contribution in [0.2, 0.25) is 0 Å². The summed E-state index contributed by atoms with van der Waals surface area (Å²) in [6.07, 6.45) is 0. The molecule has 4 aromatic carbocycles. The zero-order chi connectivity index (χ0) is 23.5. The second kappa shape index (κ2) is 8.96. The van der Waals surface area contributed by atoms with Crippen molar-refractivity contribution >= 4 is 27.5 Å². The first-order valence-corrected chi connectivity index (χ1v) is 12.2. The number of sulfonamides is 1. The third kappa shape index (κ3) is 4.33. The van der Waals surface area contributed by atoms with E-state index in [0.29, 0.717) is 16.8 Å². The number of amides is 1. The number of amidine groups is 1. The molecule has 7 heteroatoms. The molecule has 5 rings (SSSR count). The SMILES string of the molecule is O=C(NC(c1ccccc1)c1ccccc1)c1ccc(NC2=NS(=O)(=O)c3ccccc32)cc1. The van der Waals surface area contributed by atoms with Gasteiger partial charge in [-0.2, -0.15) is 8.42 Å². The summed E-state index contributed by atoms with van der Waals surface area (Å²) in [6, 6.07) is 32.8. The predicted molar refractivity (Wildman–Crippen MR) is 132 cm³/mol. The number of benzene rings is 4. The molecule has 0 bridgehead atoms. The molecule has 6 nitrogen and oxygen atoms in total. The Bertz CT molecular complexity index is 1430. The molecule has 0 atom stereocenters. The van der Waals surface area contributed by atoms with Crippen molar-refractivity contribution in [2.45, 2.75) is 10.9 Å². The fourth-order valence-corrected chi connectivity index (χ4v) is 5.08. The minimum absolute atomic E-state index is 0.182. The average molecular weight is 468 g/mol. The van der Waals surface area contributed by atoms with Crippen molar-refractivity contribution in [2.75, 3.05) is 5.32 Å². The van der Waals surface area contributed by atoms with E-state index < -0.39 is 10.0 Å². The van der Waals surface area contributed by atoms with E-state index in [0.717, 1.165) is 11.1 Å². The molecule has 0 fully saturated rings. The number of carbonyl (C=O) groups is 1. The van der Waals surface area contributed by atoms with Gasteiger partial charge in [-0.15, -0.1) is 4.40 Å². The molecular weight excluding hydrogens is 446 g/mol. The minimum atomic E-state index is -3.70. The number of hydrogen-bond donors (Lipinski definition) is 2. The van der Waals surface area contributed by atoms with Gasteiger partial charge in [0.15, 0.2) is 5.84 Å². The van der Waals surface area contributed by atoms with Gasteiger partial charge in [0, 0.05) is 16.8 Å². The van der Waals surface area contributed by atoms with Gasteiger partial charge in [0.05, 0.1) is 6.04 Å². The second-order valence-corrected chi connectivity index (χ2v) is 9.41. The van der Waals surface area contributed by atoms with Crippen LogP contribution in [0.15, 0.2) is 118 Å². The normalized spacial score (nSPS) is 13.7. The maximum absolute atomic E-state index is 13.1. The lowest BCUT2D eigenvalue weighted by Crippen LogP contribution is -2.29. The molecule has 0 radical (unpaired) electrons. The number of rotatable bonds is 5. The van der Waals surface area contributed by atoms with Gasteiger partial charge in [-0.05, 0) is 47.5 Å². The first-order chi connectivity index (χ1) is 16.5. The number of hydrogen-bond acceptors (Lipinski definition) is 4. The number of fused-ring (bicyclic) bond motifs is 1. The van der Waals surface area contributed by atoms with Crippen LogP contribution in [0.1, 0.15) is 33.1 Å². The van der Waals surface area contributed by atoms with Crippen LogP contribution in [0.3, 0.4) is 0 Å². The molecule has 1 heterocycles. The summed E-state index contributed by atoms with van der Waals surface area (Å²) in [7, 11) is -3.70.